The topological polar surface area (TPSA) is 88.1 Å². The molecule has 0 unspecified atom stereocenters. The SMILES string of the molecule is COc1ccc(N2C(=O)c3ccccc3N[C@H]2c2ccc(OCC(=O)O)cc2)cc1. The molecule has 30 heavy (non-hydrogen) atoms. The third kappa shape index (κ3) is 3.77. The molecule has 0 fully saturated rings. The van der Waals surface area contributed by atoms with Gasteiger partial charge in [-0.05, 0) is 54.1 Å². The number of hydrogen-bond acceptors (Lipinski definition) is 5. The number of carbonyl (C=O) groups excluding carboxylic acids is 1. The highest BCUT2D eigenvalue weighted by Crippen LogP contribution is 2.37. The van der Waals surface area contributed by atoms with Crippen LogP contribution in [0.3, 0.4) is 0 Å². The van der Waals surface area contributed by atoms with Gasteiger partial charge in [0.1, 0.15) is 17.7 Å². The van der Waals surface area contributed by atoms with Gasteiger partial charge >= 0.3 is 5.97 Å². The van der Waals surface area contributed by atoms with Gasteiger partial charge in [0, 0.05) is 11.4 Å². The maximum atomic E-state index is 13.4. The van der Waals surface area contributed by atoms with Gasteiger partial charge in [-0.1, -0.05) is 24.3 Å². The van der Waals surface area contributed by atoms with Crippen LogP contribution in [0.5, 0.6) is 11.5 Å². The van der Waals surface area contributed by atoms with E-state index in [9.17, 15) is 9.59 Å². The first-order valence-electron chi connectivity index (χ1n) is 9.34. The summed E-state index contributed by atoms with van der Waals surface area (Å²) >= 11 is 0. The average Bonchev–Trinajstić information content (AvgIpc) is 2.78. The second-order valence-electron chi connectivity index (χ2n) is 6.72. The predicted molar refractivity (Wildman–Crippen MR) is 112 cm³/mol. The molecule has 1 aliphatic heterocycles. The van der Waals surface area contributed by atoms with E-state index < -0.39 is 18.7 Å². The molecule has 0 aliphatic carbocycles. The molecule has 0 saturated carbocycles. The van der Waals surface area contributed by atoms with Crippen LogP contribution in [0, 0.1) is 0 Å². The van der Waals surface area contributed by atoms with Crippen LogP contribution < -0.4 is 19.7 Å². The minimum absolute atomic E-state index is 0.120. The van der Waals surface area contributed by atoms with Crippen molar-refractivity contribution in [2.24, 2.45) is 0 Å². The summed E-state index contributed by atoms with van der Waals surface area (Å²) in [5, 5.41) is 12.2. The molecule has 1 amide bonds. The molecule has 7 heteroatoms. The van der Waals surface area contributed by atoms with Crippen molar-refractivity contribution in [3.8, 4) is 11.5 Å². The summed E-state index contributed by atoms with van der Waals surface area (Å²) in [5.74, 6) is -0.0145. The molecule has 0 spiro atoms. The number of carbonyl (C=O) groups is 2. The second-order valence-corrected chi connectivity index (χ2v) is 6.72. The first kappa shape index (κ1) is 19.3. The van der Waals surface area contributed by atoms with E-state index in [1.54, 1.807) is 30.2 Å². The molecule has 2 N–H and O–H groups in total. The Kier molecular flexibility index (Phi) is 5.26. The van der Waals surface area contributed by atoms with Gasteiger partial charge in [0.05, 0.1) is 12.7 Å². The summed E-state index contributed by atoms with van der Waals surface area (Å²) in [5.41, 5.74) is 2.89. The first-order valence-corrected chi connectivity index (χ1v) is 9.34. The van der Waals surface area contributed by atoms with Crippen LogP contribution in [-0.4, -0.2) is 30.7 Å². The fourth-order valence-electron chi connectivity index (χ4n) is 3.39. The van der Waals surface area contributed by atoms with E-state index >= 15 is 0 Å². The standard InChI is InChI=1S/C23H20N2O5/c1-29-17-12-8-16(9-13-17)25-22(24-20-5-3-2-4-19(20)23(25)28)15-6-10-18(11-7-15)30-14-21(26)27/h2-13,22,24H,14H2,1H3,(H,26,27)/t22-/m1/s1. The number of hydrogen-bond donors (Lipinski definition) is 2. The number of anilines is 2. The molecule has 0 aromatic heterocycles. The second kappa shape index (κ2) is 8.16. The number of rotatable bonds is 6. The van der Waals surface area contributed by atoms with Crippen LogP contribution in [0.25, 0.3) is 0 Å². The molecule has 3 aromatic carbocycles. The van der Waals surface area contributed by atoms with Crippen LogP contribution in [0.1, 0.15) is 22.1 Å². The zero-order chi connectivity index (χ0) is 21.1. The lowest BCUT2D eigenvalue weighted by atomic mass is 10.0. The van der Waals surface area contributed by atoms with Crippen molar-refractivity contribution in [3.05, 3.63) is 83.9 Å². The number of amides is 1. The minimum Gasteiger partial charge on any atom is -0.497 e. The predicted octanol–water partition coefficient (Wildman–Crippen LogP) is 3.93. The maximum absolute atomic E-state index is 13.4. The zero-order valence-corrected chi connectivity index (χ0v) is 16.2. The third-order valence-corrected chi connectivity index (χ3v) is 4.84. The Morgan fingerprint density at radius 1 is 1.00 bits per heavy atom. The number of nitrogens with zero attached hydrogens (tertiary/aromatic N) is 1. The molecule has 0 bridgehead atoms. The highest BCUT2D eigenvalue weighted by Gasteiger charge is 2.34. The van der Waals surface area contributed by atoms with Gasteiger partial charge in [-0.25, -0.2) is 4.79 Å². The third-order valence-electron chi connectivity index (χ3n) is 4.84. The van der Waals surface area contributed by atoms with Gasteiger partial charge < -0.3 is 19.9 Å². The Balaban J connectivity index is 1.71. The number of carboxylic acids is 1. The van der Waals surface area contributed by atoms with Crippen molar-refractivity contribution < 1.29 is 24.2 Å². The Morgan fingerprint density at radius 2 is 1.67 bits per heavy atom. The van der Waals surface area contributed by atoms with Gasteiger partial charge in [-0.2, -0.15) is 0 Å². The van der Waals surface area contributed by atoms with E-state index in [-0.39, 0.29) is 5.91 Å². The molecule has 1 atom stereocenters. The van der Waals surface area contributed by atoms with Crippen molar-refractivity contribution in [2.45, 2.75) is 6.17 Å². The summed E-state index contributed by atoms with van der Waals surface area (Å²) in [7, 11) is 1.59. The molecule has 1 aliphatic rings. The summed E-state index contributed by atoms with van der Waals surface area (Å²) in [4.78, 5) is 25.8. The molecule has 1 heterocycles. The minimum atomic E-state index is -1.04. The maximum Gasteiger partial charge on any atom is 0.341 e. The highest BCUT2D eigenvalue weighted by atomic mass is 16.5. The Hall–Kier alpha value is -4.00. The van der Waals surface area contributed by atoms with Crippen LogP contribution >= 0.6 is 0 Å². The van der Waals surface area contributed by atoms with Crippen LogP contribution in [0.15, 0.2) is 72.8 Å². The molecule has 4 rings (SSSR count). The molecule has 3 aromatic rings. The number of fused-ring (bicyclic) bond motifs is 1. The highest BCUT2D eigenvalue weighted by molar-refractivity contribution is 6.12. The molecule has 0 saturated heterocycles. The quantitative estimate of drug-likeness (QED) is 0.647. The number of ether oxygens (including phenoxy) is 2. The summed E-state index contributed by atoms with van der Waals surface area (Å²) in [6.45, 7) is -0.412. The summed E-state index contributed by atoms with van der Waals surface area (Å²) in [6, 6.07) is 21.7. The smallest absolute Gasteiger partial charge is 0.341 e. The number of methoxy groups -OCH3 is 1. The zero-order valence-electron chi connectivity index (χ0n) is 16.2. The lowest BCUT2D eigenvalue weighted by Gasteiger charge is -2.38. The lowest BCUT2D eigenvalue weighted by molar-refractivity contribution is -0.139. The van der Waals surface area contributed by atoms with E-state index in [2.05, 4.69) is 5.32 Å². The Morgan fingerprint density at radius 3 is 2.33 bits per heavy atom. The molecule has 0 radical (unpaired) electrons. The van der Waals surface area contributed by atoms with Crippen molar-refractivity contribution in [2.75, 3.05) is 23.9 Å². The Bertz CT molecular complexity index is 1060. The number of aliphatic carboxylic acids is 1. The number of nitrogens with one attached hydrogen (secondary N) is 1. The van der Waals surface area contributed by atoms with E-state index in [1.807, 2.05) is 54.6 Å². The van der Waals surface area contributed by atoms with Crippen LogP contribution in [0.2, 0.25) is 0 Å². The molecular weight excluding hydrogens is 384 g/mol. The van der Waals surface area contributed by atoms with Crippen LogP contribution in [0.4, 0.5) is 11.4 Å². The van der Waals surface area contributed by atoms with Crippen molar-refractivity contribution in [1.29, 1.82) is 0 Å². The number of carboxylic acid groups (broad SMARTS) is 1. The molecule has 152 valence electrons. The van der Waals surface area contributed by atoms with Crippen molar-refractivity contribution in [1.82, 2.24) is 0 Å². The first-order chi connectivity index (χ1) is 14.6. The molecular formula is C23H20N2O5. The fraction of sp³-hybridized carbons (Fsp3) is 0.130. The fourth-order valence-corrected chi connectivity index (χ4v) is 3.39. The normalized spacial score (nSPS) is 15.2. The largest absolute Gasteiger partial charge is 0.497 e. The van der Waals surface area contributed by atoms with Gasteiger partial charge in [0.25, 0.3) is 5.91 Å². The Labute approximate surface area is 173 Å². The van der Waals surface area contributed by atoms with Gasteiger partial charge in [0.2, 0.25) is 0 Å². The van der Waals surface area contributed by atoms with Crippen molar-refractivity contribution in [3.63, 3.8) is 0 Å². The van der Waals surface area contributed by atoms with Crippen LogP contribution in [-0.2, 0) is 4.79 Å². The summed E-state index contributed by atoms with van der Waals surface area (Å²) in [6.07, 6.45) is -0.450. The molecule has 7 nitrogen and oxygen atoms in total. The number of benzene rings is 3. The van der Waals surface area contributed by atoms with Crippen molar-refractivity contribution >= 4 is 23.3 Å². The monoisotopic (exact) mass is 404 g/mol. The average molecular weight is 404 g/mol. The van der Waals surface area contributed by atoms with Gasteiger partial charge in [-0.3, -0.25) is 9.69 Å². The van der Waals surface area contributed by atoms with E-state index in [0.29, 0.717) is 17.1 Å². The summed E-state index contributed by atoms with van der Waals surface area (Å²) < 4.78 is 10.4. The van der Waals surface area contributed by atoms with E-state index in [4.69, 9.17) is 14.6 Å². The van der Waals surface area contributed by atoms with Gasteiger partial charge in [-0.15, -0.1) is 0 Å². The number of para-hydroxylation sites is 1. The van der Waals surface area contributed by atoms with E-state index in [0.717, 1.165) is 16.9 Å². The lowest BCUT2D eigenvalue weighted by Crippen LogP contribution is -2.43. The van der Waals surface area contributed by atoms with E-state index in [1.165, 1.54) is 0 Å². The van der Waals surface area contributed by atoms with Gasteiger partial charge in [0.15, 0.2) is 6.61 Å².